The third-order valence-corrected chi connectivity index (χ3v) is 10.2. The molecule has 162 valence electrons. The minimum absolute atomic E-state index is 0.184. The molecule has 1 heterocycles. The van der Waals surface area contributed by atoms with Crippen LogP contribution in [0.2, 0.25) is 0 Å². The number of ether oxygens (including phenoxy) is 1. The van der Waals surface area contributed by atoms with Crippen molar-refractivity contribution in [1.82, 2.24) is 5.32 Å². The van der Waals surface area contributed by atoms with Crippen LogP contribution in [-0.2, 0) is 39.1 Å². The molecule has 1 aliphatic carbocycles. The number of benzene rings is 2. The van der Waals surface area contributed by atoms with E-state index in [1.54, 1.807) is 19.2 Å². The van der Waals surface area contributed by atoms with Crippen LogP contribution in [0.5, 0.6) is 5.75 Å². The summed E-state index contributed by atoms with van der Waals surface area (Å²) < 4.78 is 56.9. The first-order valence-electron chi connectivity index (χ1n) is 10.2. The van der Waals surface area contributed by atoms with Gasteiger partial charge in [0.1, 0.15) is 5.75 Å². The minimum Gasteiger partial charge on any atom is -0.496 e. The maximum absolute atomic E-state index is 13.4. The average molecular weight is 450 g/mol. The van der Waals surface area contributed by atoms with E-state index in [9.17, 15) is 16.8 Å². The zero-order valence-corrected chi connectivity index (χ0v) is 18.6. The quantitative estimate of drug-likeness (QED) is 0.728. The lowest BCUT2D eigenvalue weighted by Crippen LogP contribution is -2.43. The highest BCUT2D eigenvalue weighted by molar-refractivity contribution is 7.96. The van der Waals surface area contributed by atoms with Crippen LogP contribution < -0.4 is 10.1 Å². The Morgan fingerprint density at radius 3 is 2.53 bits per heavy atom. The first kappa shape index (κ1) is 21.3. The highest BCUT2D eigenvalue weighted by atomic mass is 32.2. The number of para-hydroxylation sites is 1. The smallest absolute Gasteiger partial charge is 0.183 e. The van der Waals surface area contributed by atoms with Crippen LogP contribution in [0.1, 0.15) is 29.5 Å². The predicted molar refractivity (Wildman–Crippen MR) is 116 cm³/mol. The summed E-state index contributed by atoms with van der Waals surface area (Å²) in [7, 11) is -5.66. The van der Waals surface area contributed by atoms with Gasteiger partial charge in [0, 0.05) is 18.2 Å². The Kier molecular flexibility index (Phi) is 5.92. The van der Waals surface area contributed by atoms with Gasteiger partial charge in [0.25, 0.3) is 0 Å². The van der Waals surface area contributed by atoms with E-state index in [4.69, 9.17) is 4.74 Å². The van der Waals surface area contributed by atoms with E-state index >= 15 is 0 Å². The zero-order valence-electron chi connectivity index (χ0n) is 17.0. The van der Waals surface area contributed by atoms with Gasteiger partial charge in [0.15, 0.2) is 19.7 Å². The molecule has 0 spiro atoms. The van der Waals surface area contributed by atoms with Crippen molar-refractivity contribution < 1.29 is 21.6 Å². The summed E-state index contributed by atoms with van der Waals surface area (Å²) in [5.74, 6) is 0.146. The summed E-state index contributed by atoms with van der Waals surface area (Å²) in [6.45, 7) is 0.334. The zero-order chi connectivity index (χ0) is 21.4. The normalized spacial score (nSPS) is 23.1. The lowest BCUT2D eigenvalue weighted by atomic mass is 9.92. The van der Waals surface area contributed by atoms with Gasteiger partial charge in [-0.05, 0) is 55.0 Å². The standard InChI is InChI=1S/C22H27NO5S2/c1-28-21-9-5-4-8-18(21)13-23-20-14-29(24,25)15-22(20)30(26,27)19-11-10-16-6-2-3-7-17(16)12-19/h4-5,8-12,20,22-23H,2-3,6-7,13-15H2,1H3/t20-,22-/m0/s1. The van der Waals surface area contributed by atoms with Crippen molar-refractivity contribution in [3.8, 4) is 5.75 Å². The van der Waals surface area contributed by atoms with Gasteiger partial charge in [-0.1, -0.05) is 24.3 Å². The molecule has 2 aliphatic rings. The number of hydrogen-bond donors (Lipinski definition) is 1. The van der Waals surface area contributed by atoms with E-state index in [0.29, 0.717) is 12.3 Å². The fourth-order valence-corrected chi connectivity index (χ4v) is 9.23. The fourth-order valence-electron chi connectivity index (χ4n) is 4.46. The van der Waals surface area contributed by atoms with E-state index < -0.39 is 31.0 Å². The monoisotopic (exact) mass is 449 g/mol. The van der Waals surface area contributed by atoms with Crippen molar-refractivity contribution in [2.75, 3.05) is 18.6 Å². The molecule has 2 aromatic rings. The number of sulfone groups is 2. The molecule has 0 unspecified atom stereocenters. The number of hydrogen-bond acceptors (Lipinski definition) is 6. The lowest BCUT2D eigenvalue weighted by Gasteiger charge is -2.22. The van der Waals surface area contributed by atoms with Gasteiger partial charge in [-0.2, -0.15) is 0 Å². The predicted octanol–water partition coefficient (Wildman–Crippen LogP) is 2.30. The summed E-state index contributed by atoms with van der Waals surface area (Å²) in [5, 5.41) is 2.18. The Labute approximate surface area is 178 Å². The first-order valence-corrected chi connectivity index (χ1v) is 13.6. The molecule has 2 aromatic carbocycles. The second-order valence-corrected chi connectivity index (χ2v) is 12.4. The molecule has 4 rings (SSSR count). The Bertz CT molecular complexity index is 1140. The fraction of sp³-hybridized carbons (Fsp3) is 0.455. The molecular weight excluding hydrogens is 422 g/mol. The second-order valence-electron chi connectivity index (χ2n) is 8.10. The molecule has 30 heavy (non-hydrogen) atoms. The molecule has 1 saturated heterocycles. The molecule has 1 N–H and O–H groups in total. The minimum atomic E-state index is -3.79. The van der Waals surface area contributed by atoms with E-state index in [-0.39, 0.29) is 16.4 Å². The van der Waals surface area contributed by atoms with Gasteiger partial charge in [0.05, 0.1) is 28.8 Å². The summed E-state index contributed by atoms with van der Waals surface area (Å²) in [6, 6.07) is 12.0. The van der Waals surface area contributed by atoms with Crippen LogP contribution in [0.4, 0.5) is 0 Å². The molecule has 0 saturated carbocycles. The molecule has 2 atom stereocenters. The molecule has 8 heteroatoms. The van der Waals surface area contributed by atoms with Gasteiger partial charge in [-0.3, -0.25) is 0 Å². The summed E-state index contributed by atoms with van der Waals surface area (Å²) in [5.41, 5.74) is 3.13. The largest absolute Gasteiger partial charge is 0.496 e. The molecule has 6 nitrogen and oxygen atoms in total. The number of rotatable bonds is 6. The summed E-state index contributed by atoms with van der Waals surface area (Å²) in [4.78, 5) is 0.231. The van der Waals surface area contributed by atoms with Crippen LogP contribution in [0.25, 0.3) is 0 Å². The van der Waals surface area contributed by atoms with E-state index in [0.717, 1.165) is 36.8 Å². The Balaban J connectivity index is 1.60. The molecule has 0 bridgehead atoms. The Morgan fingerprint density at radius 2 is 1.77 bits per heavy atom. The van der Waals surface area contributed by atoms with Crippen LogP contribution >= 0.6 is 0 Å². The third kappa shape index (κ3) is 4.26. The van der Waals surface area contributed by atoms with Crippen molar-refractivity contribution in [2.24, 2.45) is 0 Å². The van der Waals surface area contributed by atoms with Gasteiger partial charge < -0.3 is 10.1 Å². The Morgan fingerprint density at radius 1 is 1.03 bits per heavy atom. The third-order valence-electron chi connectivity index (χ3n) is 6.09. The second kappa shape index (κ2) is 8.32. The maximum Gasteiger partial charge on any atom is 0.183 e. The summed E-state index contributed by atoms with van der Waals surface area (Å²) in [6.07, 6.45) is 4.01. The number of methoxy groups -OCH3 is 1. The SMILES string of the molecule is COc1ccccc1CN[C@H]1CS(=O)(=O)C[C@@H]1S(=O)(=O)c1ccc2c(c1)CCCC2. The van der Waals surface area contributed by atoms with Gasteiger partial charge in [-0.15, -0.1) is 0 Å². The van der Waals surface area contributed by atoms with Crippen LogP contribution in [0.15, 0.2) is 47.4 Å². The van der Waals surface area contributed by atoms with Crippen molar-refractivity contribution in [1.29, 1.82) is 0 Å². The molecular formula is C22H27NO5S2. The topological polar surface area (TPSA) is 89.5 Å². The van der Waals surface area contributed by atoms with E-state index in [1.165, 1.54) is 5.56 Å². The maximum atomic E-state index is 13.4. The average Bonchev–Trinajstić information content (AvgIpc) is 3.07. The first-order chi connectivity index (χ1) is 14.3. The van der Waals surface area contributed by atoms with Crippen molar-refractivity contribution in [2.45, 2.75) is 48.4 Å². The van der Waals surface area contributed by atoms with Gasteiger partial charge in [0.2, 0.25) is 0 Å². The number of nitrogens with one attached hydrogen (secondary N) is 1. The highest BCUT2D eigenvalue weighted by Gasteiger charge is 2.45. The molecule has 0 aromatic heterocycles. The molecule has 0 radical (unpaired) electrons. The van der Waals surface area contributed by atoms with Crippen molar-refractivity contribution in [3.63, 3.8) is 0 Å². The number of aryl methyl sites for hydroxylation is 2. The van der Waals surface area contributed by atoms with Gasteiger partial charge >= 0.3 is 0 Å². The van der Waals surface area contributed by atoms with Crippen molar-refractivity contribution >= 4 is 19.7 Å². The van der Waals surface area contributed by atoms with Crippen LogP contribution in [0, 0.1) is 0 Å². The van der Waals surface area contributed by atoms with E-state index in [2.05, 4.69) is 5.32 Å². The van der Waals surface area contributed by atoms with Crippen LogP contribution in [-0.4, -0.2) is 46.7 Å². The molecule has 0 amide bonds. The molecule has 1 fully saturated rings. The van der Waals surface area contributed by atoms with E-state index in [1.807, 2.05) is 30.3 Å². The molecule has 1 aliphatic heterocycles. The van der Waals surface area contributed by atoms with Crippen LogP contribution in [0.3, 0.4) is 0 Å². The number of fused-ring (bicyclic) bond motifs is 1. The lowest BCUT2D eigenvalue weighted by molar-refractivity contribution is 0.406. The summed E-state index contributed by atoms with van der Waals surface area (Å²) >= 11 is 0. The Hall–Kier alpha value is -1.90. The van der Waals surface area contributed by atoms with Gasteiger partial charge in [-0.25, -0.2) is 16.8 Å². The highest BCUT2D eigenvalue weighted by Crippen LogP contribution is 2.30. The van der Waals surface area contributed by atoms with Crippen molar-refractivity contribution in [3.05, 3.63) is 59.2 Å².